The van der Waals surface area contributed by atoms with Crippen molar-refractivity contribution in [2.24, 2.45) is 18.9 Å². The van der Waals surface area contributed by atoms with Gasteiger partial charge in [0.2, 0.25) is 0 Å². The normalized spacial score (nSPS) is 20.2. The first-order chi connectivity index (χ1) is 13.0. The summed E-state index contributed by atoms with van der Waals surface area (Å²) in [4.78, 5) is 15.6. The standard InChI is InChI=1S/C21H31N5O.2ClH/c1-15(2)10-25(12-17-8-23-24(3)11-17)14-18-4-5-20-19-6-16(7-22-9-19)13-26(20)21(18)27;;/h4-5,8,11,15-16,19,22H,6-7,9-10,12-14H2,1-3H3;2*1H/t16-,19+;;/m0../s1. The average molecular weight is 442 g/mol. The number of fused-ring (bicyclic) bond motifs is 4. The Morgan fingerprint density at radius 3 is 2.72 bits per heavy atom. The molecule has 0 unspecified atom stereocenters. The Hall–Kier alpha value is -1.34. The highest BCUT2D eigenvalue weighted by Gasteiger charge is 2.31. The molecule has 162 valence electrons. The lowest BCUT2D eigenvalue weighted by Gasteiger charge is -2.37. The van der Waals surface area contributed by atoms with Gasteiger partial charge in [-0.15, -0.1) is 24.8 Å². The summed E-state index contributed by atoms with van der Waals surface area (Å²) in [6.45, 7) is 9.82. The Balaban J connectivity index is 0.00000150. The summed E-state index contributed by atoms with van der Waals surface area (Å²) in [6.07, 6.45) is 5.19. The monoisotopic (exact) mass is 441 g/mol. The van der Waals surface area contributed by atoms with Gasteiger partial charge >= 0.3 is 0 Å². The first kappa shape index (κ1) is 23.9. The lowest BCUT2D eigenvalue weighted by Crippen LogP contribution is -2.45. The summed E-state index contributed by atoms with van der Waals surface area (Å²) in [6, 6.07) is 4.27. The van der Waals surface area contributed by atoms with Gasteiger partial charge in [0, 0.05) is 68.7 Å². The van der Waals surface area contributed by atoms with E-state index in [0.717, 1.165) is 38.3 Å². The molecule has 0 saturated carbocycles. The molecule has 6 nitrogen and oxygen atoms in total. The van der Waals surface area contributed by atoms with Crippen molar-refractivity contribution in [2.75, 3.05) is 19.6 Å². The van der Waals surface area contributed by atoms with Crippen LogP contribution in [0.1, 0.15) is 43.0 Å². The Morgan fingerprint density at radius 1 is 1.24 bits per heavy atom. The fourth-order valence-electron chi connectivity index (χ4n) is 4.71. The second kappa shape index (κ2) is 10.1. The Morgan fingerprint density at radius 2 is 2.03 bits per heavy atom. The third-order valence-electron chi connectivity index (χ3n) is 5.77. The van der Waals surface area contributed by atoms with Gasteiger partial charge in [0.25, 0.3) is 5.56 Å². The lowest BCUT2D eigenvalue weighted by molar-refractivity contribution is 0.223. The van der Waals surface area contributed by atoms with Crippen LogP contribution in [0.2, 0.25) is 0 Å². The second-order valence-electron chi connectivity index (χ2n) is 8.74. The van der Waals surface area contributed by atoms with Crippen LogP contribution >= 0.6 is 24.8 Å². The van der Waals surface area contributed by atoms with Gasteiger partial charge in [-0.3, -0.25) is 14.4 Å². The summed E-state index contributed by atoms with van der Waals surface area (Å²) < 4.78 is 3.90. The van der Waals surface area contributed by atoms with Crippen LogP contribution in [0.5, 0.6) is 0 Å². The van der Waals surface area contributed by atoms with E-state index in [-0.39, 0.29) is 30.4 Å². The number of halogens is 2. The van der Waals surface area contributed by atoms with Crippen LogP contribution in [0.15, 0.2) is 29.3 Å². The predicted octanol–water partition coefficient (Wildman–Crippen LogP) is 2.79. The lowest BCUT2D eigenvalue weighted by atomic mass is 9.84. The maximum atomic E-state index is 13.2. The number of aryl methyl sites for hydroxylation is 1. The number of rotatable bonds is 6. The van der Waals surface area contributed by atoms with Crippen molar-refractivity contribution < 1.29 is 0 Å². The number of nitrogens with one attached hydrogen (secondary N) is 1. The van der Waals surface area contributed by atoms with Gasteiger partial charge in [-0.2, -0.15) is 5.10 Å². The Kier molecular flexibility index (Phi) is 8.35. The zero-order valence-corrected chi connectivity index (χ0v) is 19.1. The minimum atomic E-state index is 0. The van der Waals surface area contributed by atoms with Crippen molar-refractivity contribution >= 4 is 24.8 Å². The topological polar surface area (TPSA) is 55.1 Å². The van der Waals surface area contributed by atoms with E-state index >= 15 is 0 Å². The highest BCUT2D eigenvalue weighted by atomic mass is 35.5. The van der Waals surface area contributed by atoms with Crippen LogP contribution in [0.25, 0.3) is 0 Å². The molecule has 1 N–H and O–H groups in total. The molecule has 2 aliphatic heterocycles. The van der Waals surface area contributed by atoms with Gasteiger partial charge in [0.15, 0.2) is 0 Å². The number of piperidine rings is 1. The molecule has 2 aromatic rings. The van der Waals surface area contributed by atoms with Crippen LogP contribution in [0.3, 0.4) is 0 Å². The summed E-state index contributed by atoms with van der Waals surface area (Å²) >= 11 is 0. The second-order valence-corrected chi connectivity index (χ2v) is 8.74. The first-order valence-corrected chi connectivity index (χ1v) is 10.1. The maximum absolute atomic E-state index is 13.2. The molecule has 2 aromatic heterocycles. The molecule has 29 heavy (non-hydrogen) atoms. The predicted molar refractivity (Wildman–Crippen MR) is 121 cm³/mol. The molecule has 0 spiro atoms. The van der Waals surface area contributed by atoms with Gasteiger partial charge in [0.1, 0.15) is 0 Å². The van der Waals surface area contributed by atoms with E-state index in [1.165, 1.54) is 17.7 Å². The molecule has 4 rings (SSSR count). The van der Waals surface area contributed by atoms with E-state index in [1.807, 2.05) is 17.9 Å². The molecule has 0 radical (unpaired) electrons. The third kappa shape index (κ3) is 5.43. The highest BCUT2D eigenvalue weighted by molar-refractivity contribution is 5.85. The van der Waals surface area contributed by atoms with E-state index in [1.54, 1.807) is 0 Å². The summed E-state index contributed by atoms with van der Waals surface area (Å²) in [5.74, 6) is 1.63. The van der Waals surface area contributed by atoms with Gasteiger partial charge < -0.3 is 9.88 Å². The maximum Gasteiger partial charge on any atom is 0.255 e. The van der Waals surface area contributed by atoms with E-state index in [2.05, 4.69) is 52.1 Å². The minimum Gasteiger partial charge on any atom is -0.316 e. The number of pyridine rings is 1. The molecule has 8 heteroatoms. The van der Waals surface area contributed by atoms with Gasteiger partial charge in [-0.05, 0) is 30.9 Å². The highest BCUT2D eigenvalue weighted by Crippen LogP contribution is 2.31. The molecule has 1 saturated heterocycles. The van der Waals surface area contributed by atoms with Crippen molar-refractivity contribution in [3.8, 4) is 0 Å². The zero-order chi connectivity index (χ0) is 19.0. The van der Waals surface area contributed by atoms with Crippen molar-refractivity contribution in [1.82, 2.24) is 24.6 Å². The largest absolute Gasteiger partial charge is 0.316 e. The SMILES string of the molecule is CC(C)CN(Cc1cnn(C)c1)Cc1ccc2n(c1=O)C[C@@H]1CNC[C@H]2C1.Cl.Cl. The van der Waals surface area contributed by atoms with Gasteiger partial charge in [-0.1, -0.05) is 19.9 Å². The van der Waals surface area contributed by atoms with Crippen molar-refractivity contribution in [3.05, 3.63) is 51.7 Å². The molecule has 1 fully saturated rings. The Bertz CT molecular complexity index is 863. The average Bonchev–Trinajstić information content (AvgIpc) is 3.02. The van der Waals surface area contributed by atoms with Gasteiger partial charge in [0.05, 0.1) is 6.20 Å². The molecule has 2 atom stereocenters. The number of aromatic nitrogens is 3. The Labute approximate surface area is 185 Å². The van der Waals surface area contributed by atoms with Crippen molar-refractivity contribution in [3.63, 3.8) is 0 Å². The third-order valence-corrected chi connectivity index (χ3v) is 5.77. The van der Waals surface area contributed by atoms with E-state index in [0.29, 0.717) is 24.3 Å². The van der Waals surface area contributed by atoms with Crippen molar-refractivity contribution in [2.45, 2.75) is 45.8 Å². The van der Waals surface area contributed by atoms with Crippen LogP contribution in [0, 0.1) is 11.8 Å². The van der Waals surface area contributed by atoms with Crippen LogP contribution in [0.4, 0.5) is 0 Å². The quantitative estimate of drug-likeness (QED) is 0.748. The minimum absolute atomic E-state index is 0. The van der Waals surface area contributed by atoms with Crippen molar-refractivity contribution in [1.29, 1.82) is 0 Å². The van der Waals surface area contributed by atoms with Crippen LogP contribution < -0.4 is 10.9 Å². The zero-order valence-electron chi connectivity index (χ0n) is 17.5. The number of hydrogen-bond acceptors (Lipinski definition) is 4. The van der Waals surface area contributed by atoms with Crippen LogP contribution in [-0.2, 0) is 26.7 Å². The van der Waals surface area contributed by atoms with Crippen LogP contribution in [-0.4, -0.2) is 38.9 Å². The van der Waals surface area contributed by atoms with E-state index < -0.39 is 0 Å². The molecule has 4 heterocycles. The molecule has 0 amide bonds. The van der Waals surface area contributed by atoms with Gasteiger partial charge in [-0.25, -0.2) is 0 Å². The summed E-state index contributed by atoms with van der Waals surface area (Å²) in [5, 5.41) is 7.80. The number of nitrogens with zero attached hydrogens (tertiary/aromatic N) is 4. The number of hydrogen-bond donors (Lipinski definition) is 1. The first-order valence-electron chi connectivity index (χ1n) is 10.1. The molecule has 2 bridgehead atoms. The summed E-state index contributed by atoms with van der Waals surface area (Å²) in [7, 11) is 1.94. The molecule has 0 aromatic carbocycles. The fraction of sp³-hybridized carbons (Fsp3) is 0.619. The van der Waals surface area contributed by atoms with E-state index in [9.17, 15) is 4.79 Å². The molecular formula is C21H33Cl2N5O. The molecule has 2 aliphatic rings. The smallest absolute Gasteiger partial charge is 0.255 e. The molecule has 0 aliphatic carbocycles. The molecular weight excluding hydrogens is 409 g/mol. The fourth-order valence-corrected chi connectivity index (χ4v) is 4.71. The summed E-state index contributed by atoms with van der Waals surface area (Å²) in [5.41, 5.74) is 3.53. The van der Waals surface area contributed by atoms with E-state index in [4.69, 9.17) is 0 Å².